The summed E-state index contributed by atoms with van der Waals surface area (Å²) in [6, 6.07) is 8.24. The van der Waals surface area contributed by atoms with Crippen molar-refractivity contribution in [3.63, 3.8) is 0 Å². The molecule has 0 spiro atoms. The van der Waals surface area contributed by atoms with E-state index in [1.807, 2.05) is 0 Å². The first kappa shape index (κ1) is 29.9. The van der Waals surface area contributed by atoms with Gasteiger partial charge >= 0.3 is 5.97 Å². The monoisotopic (exact) mass is 530 g/mol. The Hall–Kier alpha value is -4.32. The first-order valence-corrected chi connectivity index (χ1v) is 11.9. The summed E-state index contributed by atoms with van der Waals surface area (Å²) in [4.78, 5) is 49.1. The molecule has 0 heterocycles. The van der Waals surface area contributed by atoms with E-state index in [0.717, 1.165) is 5.56 Å². The molecule has 0 bridgehead atoms. The van der Waals surface area contributed by atoms with Crippen molar-refractivity contribution >= 4 is 23.7 Å². The molecule has 0 saturated carbocycles. The van der Waals surface area contributed by atoms with Crippen molar-refractivity contribution in [1.82, 2.24) is 16.0 Å². The van der Waals surface area contributed by atoms with Crippen LogP contribution in [0.15, 0.2) is 42.5 Å². The summed E-state index contributed by atoms with van der Waals surface area (Å²) in [7, 11) is 2.96. The third-order valence-electron chi connectivity index (χ3n) is 5.64. The van der Waals surface area contributed by atoms with Gasteiger partial charge in [-0.1, -0.05) is 18.2 Å². The van der Waals surface area contributed by atoms with Crippen molar-refractivity contribution in [3.05, 3.63) is 53.6 Å². The zero-order valence-corrected chi connectivity index (χ0v) is 21.5. The molecular weight excluding hydrogens is 496 g/mol. The van der Waals surface area contributed by atoms with Crippen LogP contribution in [-0.4, -0.2) is 72.8 Å². The van der Waals surface area contributed by atoms with Crippen molar-refractivity contribution in [2.75, 3.05) is 20.8 Å². The Balaban J connectivity index is 2.07. The molecule has 12 heteroatoms. The summed E-state index contributed by atoms with van der Waals surface area (Å²) in [6.45, 7) is 1.33. The van der Waals surface area contributed by atoms with Crippen LogP contribution in [0.4, 0.5) is 0 Å². The highest BCUT2D eigenvalue weighted by Gasteiger charge is 2.26. The second-order valence-electron chi connectivity index (χ2n) is 8.60. The van der Waals surface area contributed by atoms with Crippen molar-refractivity contribution in [2.24, 2.45) is 5.73 Å². The standard InChI is InChI=1S/C26H34N4O8/c1-15(29-25(35)19(27)12-16-4-7-18(31)8-5-16)24(34)30-20(26(36)28-11-10-23(32)33)13-17-6-9-21(37-2)22(14-17)38-3/h4-9,14-15,19-20,31H,10-13,27H2,1-3H3,(H,28,36)(H,29,35)(H,30,34)(H,32,33)/t15-,19+,20+/m1/s1. The SMILES string of the molecule is COc1ccc(C[C@H](NC(=O)[C@@H](C)NC(=O)[C@@H](N)Cc2ccc(O)cc2)C(=O)NCCC(=O)O)cc1OC. The molecule has 3 atom stereocenters. The molecule has 38 heavy (non-hydrogen) atoms. The van der Waals surface area contributed by atoms with Gasteiger partial charge in [-0.2, -0.15) is 0 Å². The molecule has 0 unspecified atom stereocenters. The molecule has 206 valence electrons. The summed E-state index contributed by atoms with van der Waals surface area (Å²) >= 11 is 0. The second kappa shape index (κ2) is 14.4. The molecule has 7 N–H and O–H groups in total. The zero-order valence-electron chi connectivity index (χ0n) is 21.5. The maximum Gasteiger partial charge on any atom is 0.305 e. The highest BCUT2D eigenvalue weighted by atomic mass is 16.5. The topological polar surface area (TPSA) is 189 Å². The molecule has 0 aliphatic rings. The Bertz CT molecular complexity index is 1120. The molecule has 2 aromatic rings. The van der Waals surface area contributed by atoms with Crippen LogP contribution in [0.5, 0.6) is 17.2 Å². The lowest BCUT2D eigenvalue weighted by Gasteiger charge is -2.22. The van der Waals surface area contributed by atoms with Gasteiger partial charge in [-0.05, 0) is 48.7 Å². The van der Waals surface area contributed by atoms with Crippen molar-refractivity contribution in [2.45, 2.75) is 44.3 Å². The second-order valence-corrected chi connectivity index (χ2v) is 8.60. The number of benzene rings is 2. The van der Waals surface area contributed by atoms with Gasteiger partial charge in [0.05, 0.1) is 26.7 Å². The van der Waals surface area contributed by atoms with Crippen molar-refractivity contribution in [1.29, 1.82) is 0 Å². The quantitative estimate of drug-likeness (QED) is 0.197. The van der Waals surface area contributed by atoms with Gasteiger partial charge in [-0.25, -0.2) is 0 Å². The summed E-state index contributed by atoms with van der Waals surface area (Å²) in [5.74, 6) is -1.85. The molecule has 0 fully saturated rings. The minimum atomic E-state index is -1.08. The molecule has 0 saturated heterocycles. The number of phenolic OH excluding ortho intramolecular Hbond substituents is 1. The minimum absolute atomic E-state index is 0.0615. The van der Waals surface area contributed by atoms with Gasteiger partial charge in [0.25, 0.3) is 0 Å². The minimum Gasteiger partial charge on any atom is -0.508 e. The lowest BCUT2D eigenvalue weighted by Crippen LogP contribution is -2.55. The fraction of sp³-hybridized carbons (Fsp3) is 0.385. The Labute approximate surface area is 220 Å². The number of carboxylic acids is 1. The van der Waals surface area contributed by atoms with Crippen LogP contribution in [0, 0.1) is 0 Å². The molecule has 0 aromatic heterocycles. The van der Waals surface area contributed by atoms with Gasteiger partial charge in [0.2, 0.25) is 17.7 Å². The molecule has 0 aliphatic carbocycles. The summed E-state index contributed by atoms with van der Waals surface area (Å²) < 4.78 is 10.5. The number of carboxylic acid groups (broad SMARTS) is 1. The number of aromatic hydroxyl groups is 1. The number of carbonyl (C=O) groups excluding carboxylic acids is 3. The number of amides is 3. The van der Waals surface area contributed by atoms with Gasteiger partial charge in [0, 0.05) is 13.0 Å². The number of carbonyl (C=O) groups is 4. The van der Waals surface area contributed by atoms with Gasteiger partial charge < -0.3 is 41.4 Å². The van der Waals surface area contributed by atoms with E-state index >= 15 is 0 Å². The number of nitrogens with one attached hydrogen (secondary N) is 3. The molecular formula is C26H34N4O8. The van der Waals surface area contributed by atoms with E-state index in [2.05, 4.69) is 16.0 Å². The number of phenols is 1. The molecule has 0 radical (unpaired) electrons. The number of hydrogen-bond donors (Lipinski definition) is 6. The Morgan fingerprint density at radius 2 is 1.50 bits per heavy atom. The Morgan fingerprint density at radius 1 is 0.868 bits per heavy atom. The smallest absolute Gasteiger partial charge is 0.305 e. The van der Waals surface area contributed by atoms with Crippen molar-refractivity contribution in [3.8, 4) is 17.2 Å². The largest absolute Gasteiger partial charge is 0.508 e. The van der Waals surface area contributed by atoms with Crippen LogP contribution < -0.4 is 31.2 Å². The molecule has 2 rings (SSSR count). The van der Waals surface area contributed by atoms with Crippen LogP contribution in [0.25, 0.3) is 0 Å². The third-order valence-corrected chi connectivity index (χ3v) is 5.64. The third kappa shape index (κ3) is 9.28. The summed E-state index contributed by atoms with van der Waals surface area (Å²) in [5, 5.41) is 25.9. The maximum absolute atomic E-state index is 12.9. The predicted octanol–water partition coefficient (Wildman–Crippen LogP) is 0.102. The number of aliphatic carboxylic acids is 1. The van der Waals surface area contributed by atoms with Crippen LogP contribution >= 0.6 is 0 Å². The summed E-state index contributed by atoms with van der Waals surface area (Å²) in [5.41, 5.74) is 7.36. The fourth-order valence-corrected chi connectivity index (χ4v) is 3.53. The Morgan fingerprint density at radius 3 is 2.11 bits per heavy atom. The average molecular weight is 531 g/mol. The number of hydrogen-bond acceptors (Lipinski definition) is 8. The van der Waals surface area contributed by atoms with E-state index in [0.29, 0.717) is 17.1 Å². The normalized spacial score (nSPS) is 12.9. The predicted molar refractivity (Wildman–Crippen MR) is 138 cm³/mol. The number of rotatable bonds is 14. The van der Waals surface area contributed by atoms with E-state index in [1.54, 1.807) is 30.3 Å². The van der Waals surface area contributed by atoms with Gasteiger partial charge in [-0.3, -0.25) is 19.2 Å². The molecule has 2 aromatic carbocycles. The lowest BCUT2D eigenvalue weighted by atomic mass is 10.0. The van der Waals surface area contributed by atoms with E-state index in [4.69, 9.17) is 20.3 Å². The first-order valence-electron chi connectivity index (χ1n) is 11.9. The van der Waals surface area contributed by atoms with Crippen LogP contribution in [0.2, 0.25) is 0 Å². The van der Waals surface area contributed by atoms with Crippen LogP contribution in [0.3, 0.4) is 0 Å². The molecule has 0 aliphatic heterocycles. The van der Waals surface area contributed by atoms with Crippen LogP contribution in [-0.2, 0) is 32.0 Å². The summed E-state index contributed by atoms with van der Waals surface area (Å²) in [6.07, 6.45) is -0.0332. The molecule has 12 nitrogen and oxygen atoms in total. The number of ether oxygens (including phenoxy) is 2. The van der Waals surface area contributed by atoms with E-state index in [1.165, 1.54) is 33.3 Å². The highest BCUT2D eigenvalue weighted by molar-refractivity contribution is 5.93. The van der Waals surface area contributed by atoms with Gasteiger partial charge in [0.15, 0.2) is 11.5 Å². The number of methoxy groups -OCH3 is 2. The number of nitrogens with two attached hydrogens (primary N) is 1. The van der Waals surface area contributed by atoms with Crippen molar-refractivity contribution < 1.29 is 38.9 Å². The van der Waals surface area contributed by atoms with E-state index in [-0.39, 0.29) is 31.6 Å². The van der Waals surface area contributed by atoms with Crippen LogP contribution in [0.1, 0.15) is 24.5 Å². The van der Waals surface area contributed by atoms with E-state index in [9.17, 15) is 24.3 Å². The lowest BCUT2D eigenvalue weighted by molar-refractivity contribution is -0.137. The molecule has 3 amide bonds. The first-order chi connectivity index (χ1) is 18.0. The van der Waals surface area contributed by atoms with Gasteiger partial charge in [-0.15, -0.1) is 0 Å². The maximum atomic E-state index is 12.9. The fourth-order valence-electron chi connectivity index (χ4n) is 3.53. The Kier molecular flexibility index (Phi) is 11.4. The highest BCUT2D eigenvalue weighted by Crippen LogP contribution is 2.28. The van der Waals surface area contributed by atoms with Gasteiger partial charge in [0.1, 0.15) is 17.8 Å². The zero-order chi connectivity index (χ0) is 28.2. The average Bonchev–Trinajstić information content (AvgIpc) is 2.88. The van der Waals surface area contributed by atoms with E-state index < -0.39 is 41.8 Å².